The lowest BCUT2D eigenvalue weighted by molar-refractivity contribution is 0.224. The molecule has 1 aromatic carbocycles. The molecule has 0 radical (unpaired) electrons. The van der Waals surface area contributed by atoms with E-state index in [2.05, 4.69) is 26.2 Å². The van der Waals surface area contributed by atoms with E-state index in [4.69, 9.17) is 0 Å². The largest absolute Gasteiger partial charge is 0.299 e. The quantitative estimate of drug-likeness (QED) is 0.940. The van der Waals surface area contributed by atoms with Gasteiger partial charge in [0, 0.05) is 19.0 Å². The van der Waals surface area contributed by atoms with Crippen LogP contribution in [0.1, 0.15) is 30.1 Å². The van der Waals surface area contributed by atoms with Gasteiger partial charge in [0.05, 0.1) is 0 Å². The standard InChI is InChI=1S/C16H19FN4/c17-15-7-5-13(6-8-15)3-1-9-21-10-2-4-14(11-21)16-18-12-19-20-16/h1,3,5-8,12,14H,2,4,9-11H2,(H,18,19,20)/b3-1+/t14-/m1/s1. The van der Waals surface area contributed by atoms with Crippen LogP contribution in [0.25, 0.3) is 6.08 Å². The van der Waals surface area contributed by atoms with Gasteiger partial charge in [-0.1, -0.05) is 24.3 Å². The van der Waals surface area contributed by atoms with Crippen molar-refractivity contribution in [1.82, 2.24) is 20.1 Å². The number of aromatic amines is 1. The van der Waals surface area contributed by atoms with Gasteiger partial charge in [-0.2, -0.15) is 5.10 Å². The van der Waals surface area contributed by atoms with Crippen LogP contribution in [0.3, 0.4) is 0 Å². The van der Waals surface area contributed by atoms with E-state index in [0.717, 1.165) is 37.4 Å². The molecule has 21 heavy (non-hydrogen) atoms. The van der Waals surface area contributed by atoms with Gasteiger partial charge in [0.15, 0.2) is 0 Å². The monoisotopic (exact) mass is 286 g/mol. The molecule has 1 aliphatic heterocycles. The van der Waals surface area contributed by atoms with E-state index in [1.165, 1.54) is 18.6 Å². The average Bonchev–Trinajstić information content (AvgIpc) is 3.04. The van der Waals surface area contributed by atoms with Crippen LogP contribution < -0.4 is 0 Å². The summed E-state index contributed by atoms with van der Waals surface area (Å²) in [6, 6.07) is 6.56. The molecule has 2 aromatic rings. The van der Waals surface area contributed by atoms with Gasteiger partial charge in [-0.05, 0) is 37.1 Å². The van der Waals surface area contributed by atoms with Crippen molar-refractivity contribution in [2.24, 2.45) is 0 Å². The minimum atomic E-state index is -0.196. The Kier molecular flexibility index (Phi) is 4.40. The van der Waals surface area contributed by atoms with Crippen molar-refractivity contribution < 1.29 is 4.39 Å². The Balaban J connectivity index is 1.54. The maximum absolute atomic E-state index is 12.8. The molecular weight excluding hydrogens is 267 g/mol. The second-order valence-corrected chi connectivity index (χ2v) is 5.42. The zero-order valence-corrected chi connectivity index (χ0v) is 11.9. The second kappa shape index (κ2) is 6.63. The summed E-state index contributed by atoms with van der Waals surface area (Å²) in [6.45, 7) is 3.02. The number of halogens is 1. The molecule has 4 nitrogen and oxygen atoms in total. The molecule has 1 saturated heterocycles. The highest BCUT2D eigenvalue weighted by Crippen LogP contribution is 2.23. The normalized spacial score (nSPS) is 20.1. The predicted octanol–water partition coefficient (Wildman–Crippen LogP) is 2.84. The first-order chi connectivity index (χ1) is 10.3. The Bertz CT molecular complexity index is 577. The van der Waals surface area contributed by atoms with Crippen LogP contribution in [0.4, 0.5) is 4.39 Å². The molecule has 0 saturated carbocycles. The number of hydrogen-bond donors (Lipinski definition) is 1. The Hall–Kier alpha value is -2.01. The number of aromatic nitrogens is 3. The summed E-state index contributed by atoms with van der Waals surface area (Å²) in [6.07, 6.45) is 8.08. The average molecular weight is 286 g/mol. The summed E-state index contributed by atoms with van der Waals surface area (Å²) >= 11 is 0. The number of likely N-dealkylation sites (tertiary alicyclic amines) is 1. The first-order valence-electron chi connectivity index (χ1n) is 7.31. The highest BCUT2D eigenvalue weighted by molar-refractivity contribution is 5.48. The van der Waals surface area contributed by atoms with Crippen LogP contribution in [0.5, 0.6) is 0 Å². The Labute approximate surface area is 123 Å². The molecule has 1 atom stereocenters. The third-order valence-corrected chi connectivity index (χ3v) is 3.87. The number of nitrogens with one attached hydrogen (secondary N) is 1. The van der Waals surface area contributed by atoms with Crippen molar-refractivity contribution in [3.63, 3.8) is 0 Å². The SMILES string of the molecule is Fc1ccc(/C=C/CN2CCC[C@@H](c3ncn[nH]3)C2)cc1. The van der Waals surface area contributed by atoms with Crippen molar-refractivity contribution >= 4 is 6.08 Å². The molecule has 0 amide bonds. The lowest BCUT2D eigenvalue weighted by Crippen LogP contribution is -2.34. The third-order valence-electron chi connectivity index (χ3n) is 3.87. The fourth-order valence-electron chi connectivity index (χ4n) is 2.77. The molecule has 1 aromatic heterocycles. The van der Waals surface area contributed by atoms with Gasteiger partial charge < -0.3 is 0 Å². The number of piperidine rings is 1. The first kappa shape index (κ1) is 13.9. The van der Waals surface area contributed by atoms with E-state index < -0.39 is 0 Å². The molecule has 1 fully saturated rings. The summed E-state index contributed by atoms with van der Waals surface area (Å²) < 4.78 is 12.8. The molecule has 2 heterocycles. The van der Waals surface area contributed by atoms with Gasteiger partial charge in [0.1, 0.15) is 18.0 Å². The van der Waals surface area contributed by atoms with Crippen molar-refractivity contribution in [3.05, 3.63) is 53.9 Å². The molecule has 3 rings (SSSR count). The first-order valence-corrected chi connectivity index (χ1v) is 7.31. The molecular formula is C16H19FN4. The van der Waals surface area contributed by atoms with Gasteiger partial charge in [0.25, 0.3) is 0 Å². The van der Waals surface area contributed by atoms with Crippen molar-refractivity contribution in [2.75, 3.05) is 19.6 Å². The third kappa shape index (κ3) is 3.76. The lowest BCUT2D eigenvalue weighted by atomic mass is 9.97. The number of nitrogens with zero attached hydrogens (tertiary/aromatic N) is 3. The molecule has 0 aliphatic carbocycles. The van der Waals surface area contributed by atoms with E-state index in [0.29, 0.717) is 5.92 Å². The number of rotatable bonds is 4. The van der Waals surface area contributed by atoms with Crippen molar-refractivity contribution in [3.8, 4) is 0 Å². The van der Waals surface area contributed by atoms with Crippen molar-refractivity contribution in [1.29, 1.82) is 0 Å². The topological polar surface area (TPSA) is 44.8 Å². The highest BCUT2D eigenvalue weighted by Gasteiger charge is 2.22. The minimum Gasteiger partial charge on any atom is -0.299 e. The van der Waals surface area contributed by atoms with E-state index in [1.807, 2.05) is 6.08 Å². The molecule has 5 heteroatoms. The Morgan fingerprint density at radius 3 is 2.95 bits per heavy atom. The van der Waals surface area contributed by atoms with E-state index >= 15 is 0 Å². The van der Waals surface area contributed by atoms with E-state index in [1.54, 1.807) is 18.5 Å². The zero-order valence-electron chi connectivity index (χ0n) is 11.9. The summed E-state index contributed by atoms with van der Waals surface area (Å²) in [5, 5.41) is 6.91. The van der Waals surface area contributed by atoms with E-state index in [-0.39, 0.29) is 5.82 Å². The lowest BCUT2D eigenvalue weighted by Gasteiger charge is -2.30. The molecule has 0 bridgehead atoms. The zero-order chi connectivity index (χ0) is 14.5. The predicted molar refractivity (Wildman–Crippen MR) is 80.2 cm³/mol. The highest BCUT2D eigenvalue weighted by atomic mass is 19.1. The smallest absolute Gasteiger partial charge is 0.137 e. The molecule has 0 unspecified atom stereocenters. The van der Waals surface area contributed by atoms with Gasteiger partial charge in [-0.3, -0.25) is 10.00 Å². The fourth-order valence-corrected chi connectivity index (χ4v) is 2.77. The summed E-state index contributed by atoms with van der Waals surface area (Å²) in [4.78, 5) is 6.68. The number of benzene rings is 1. The second-order valence-electron chi connectivity index (χ2n) is 5.42. The van der Waals surface area contributed by atoms with E-state index in [9.17, 15) is 4.39 Å². The Morgan fingerprint density at radius 1 is 1.33 bits per heavy atom. The van der Waals surface area contributed by atoms with Gasteiger partial charge in [-0.15, -0.1) is 0 Å². The minimum absolute atomic E-state index is 0.196. The van der Waals surface area contributed by atoms with Gasteiger partial charge >= 0.3 is 0 Å². The van der Waals surface area contributed by atoms with Crippen LogP contribution in [-0.2, 0) is 0 Å². The van der Waals surface area contributed by atoms with Crippen LogP contribution in [-0.4, -0.2) is 39.7 Å². The van der Waals surface area contributed by atoms with Gasteiger partial charge in [0.2, 0.25) is 0 Å². The van der Waals surface area contributed by atoms with Crippen LogP contribution in [0.15, 0.2) is 36.7 Å². The Morgan fingerprint density at radius 2 is 2.19 bits per heavy atom. The van der Waals surface area contributed by atoms with Crippen LogP contribution in [0, 0.1) is 5.82 Å². The molecule has 0 spiro atoms. The summed E-state index contributed by atoms with van der Waals surface area (Å²) in [5.41, 5.74) is 1.03. The van der Waals surface area contributed by atoms with Crippen molar-refractivity contribution in [2.45, 2.75) is 18.8 Å². The number of hydrogen-bond acceptors (Lipinski definition) is 3. The van der Waals surface area contributed by atoms with Crippen LogP contribution >= 0.6 is 0 Å². The van der Waals surface area contributed by atoms with Crippen LogP contribution in [0.2, 0.25) is 0 Å². The molecule has 1 N–H and O–H groups in total. The van der Waals surface area contributed by atoms with Gasteiger partial charge in [-0.25, -0.2) is 9.37 Å². The molecule has 110 valence electrons. The summed E-state index contributed by atoms with van der Waals surface area (Å²) in [5.74, 6) is 1.24. The maximum Gasteiger partial charge on any atom is 0.137 e. The molecule has 1 aliphatic rings. The number of H-pyrrole nitrogens is 1. The fraction of sp³-hybridized carbons (Fsp3) is 0.375. The summed E-state index contributed by atoms with van der Waals surface area (Å²) in [7, 11) is 0. The maximum atomic E-state index is 12.8.